The second kappa shape index (κ2) is 12.1. The predicted octanol–water partition coefficient (Wildman–Crippen LogP) is 13.9. The summed E-state index contributed by atoms with van der Waals surface area (Å²) in [6.45, 7) is 8.04. The molecule has 0 amide bonds. The lowest BCUT2D eigenvalue weighted by molar-refractivity contribution is 0.672. The summed E-state index contributed by atoms with van der Waals surface area (Å²) < 4.78 is 6.58. The summed E-state index contributed by atoms with van der Waals surface area (Å²) in [5, 5.41) is 9.40. The molecule has 0 aliphatic rings. The van der Waals surface area contributed by atoms with Gasteiger partial charge in [0.25, 0.3) is 0 Å². The Balaban J connectivity index is 1.17. The van der Waals surface area contributed by atoms with Gasteiger partial charge < -0.3 is 9.32 Å². The molecule has 2 nitrogen and oxygen atoms in total. The molecule has 0 N–H and O–H groups in total. The molecule has 0 bridgehead atoms. The van der Waals surface area contributed by atoms with Gasteiger partial charge in [-0.25, -0.2) is 0 Å². The fourth-order valence-corrected chi connectivity index (χ4v) is 7.38. The van der Waals surface area contributed by atoms with Gasteiger partial charge in [-0.15, -0.1) is 0 Å². The third-order valence-electron chi connectivity index (χ3n) is 9.77. The van der Waals surface area contributed by atoms with E-state index >= 15 is 0 Å². The van der Waals surface area contributed by atoms with Crippen molar-refractivity contribution < 1.29 is 4.42 Å². The molecule has 1 aromatic heterocycles. The number of hydrogen-bond acceptors (Lipinski definition) is 2. The van der Waals surface area contributed by atoms with Crippen molar-refractivity contribution in [2.45, 2.75) is 0 Å². The topological polar surface area (TPSA) is 16.4 Å². The lowest BCUT2D eigenvalue weighted by Crippen LogP contribution is -2.09. The number of allylic oxidation sites excluding steroid dienone is 4. The molecule has 2 heteroatoms. The maximum atomic E-state index is 6.58. The molecule has 0 saturated heterocycles. The van der Waals surface area contributed by atoms with E-state index < -0.39 is 0 Å². The first kappa shape index (κ1) is 29.5. The standard InChI is InChI=1S/C48H33NO/c1-3-12-32(4-2)44-31-46-45-30-39(26-28-47(45)50-48(46)43-18-11-10-17-42(43)44)49(37-14-6-5-7-15-37)38-24-21-33(22-25-38)35-23-27-41-36(29-35)20-19-34-13-8-9-16-40(34)41/h3-31H,1-2H2/b32-12+. The van der Waals surface area contributed by atoms with Gasteiger partial charge in [-0.05, 0) is 104 Å². The van der Waals surface area contributed by atoms with E-state index in [1.54, 1.807) is 0 Å². The molecule has 236 valence electrons. The van der Waals surface area contributed by atoms with Crippen LogP contribution in [0.3, 0.4) is 0 Å². The second-order valence-electron chi connectivity index (χ2n) is 12.6. The van der Waals surface area contributed by atoms with Gasteiger partial charge in [0.05, 0.1) is 0 Å². The molecule has 0 spiro atoms. The maximum absolute atomic E-state index is 6.58. The van der Waals surface area contributed by atoms with Crippen molar-refractivity contribution in [3.63, 3.8) is 0 Å². The highest BCUT2D eigenvalue weighted by atomic mass is 16.3. The average molecular weight is 640 g/mol. The van der Waals surface area contributed by atoms with E-state index in [2.05, 4.69) is 176 Å². The highest BCUT2D eigenvalue weighted by Gasteiger charge is 2.18. The number of para-hydroxylation sites is 1. The van der Waals surface area contributed by atoms with E-state index in [9.17, 15) is 0 Å². The monoisotopic (exact) mass is 639 g/mol. The molecule has 0 aliphatic carbocycles. The molecular weight excluding hydrogens is 607 g/mol. The minimum Gasteiger partial charge on any atom is -0.455 e. The number of furan rings is 1. The van der Waals surface area contributed by atoms with E-state index in [4.69, 9.17) is 4.42 Å². The summed E-state index contributed by atoms with van der Waals surface area (Å²) in [7, 11) is 0. The Hall–Kier alpha value is -6.64. The summed E-state index contributed by atoms with van der Waals surface area (Å²) in [5.74, 6) is 0. The average Bonchev–Trinajstić information content (AvgIpc) is 3.55. The number of benzene rings is 8. The summed E-state index contributed by atoms with van der Waals surface area (Å²) in [5.41, 5.74) is 9.46. The highest BCUT2D eigenvalue weighted by molar-refractivity contribution is 6.18. The predicted molar refractivity (Wildman–Crippen MR) is 215 cm³/mol. The van der Waals surface area contributed by atoms with Crippen LogP contribution >= 0.6 is 0 Å². The molecule has 0 atom stereocenters. The summed E-state index contributed by atoms with van der Waals surface area (Å²) in [6.07, 6.45) is 5.71. The minimum atomic E-state index is 0.853. The van der Waals surface area contributed by atoms with Gasteiger partial charge in [-0.2, -0.15) is 0 Å². The summed E-state index contributed by atoms with van der Waals surface area (Å²) in [6, 6.07) is 56.3. The van der Waals surface area contributed by atoms with Crippen molar-refractivity contribution in [2.75, 3.05) is 4.90 Å². The molecule has 0 unspecified atom stereocenters. The zero-order valence-corrected chi connectivity index (χ0v) is 27.5. The molecule has 9 aromatic rings. The van der Waals surface area contributed by atoms with Gasteiger partial charge in [-0.1, -0.05) is 135 Å². The van der Waals surface area contributed by atoms with Crippen molar-refractivity contribution in [3.05, 3.63) is 195 Å². The molecule has 0 saturated carbocycles. The van der Waals surface area contributed by atoms with Crippen molar-refractivity contribution >= 4 is 76.9 Å². The maximum Gasteiger partial charge on any atom is 0.143 e. The largest absolute Gasteiger partial charge is 0.455 e. The molecule has 0 fully saturated rings. The Kier molecular flexibility index (Phi) is 7.14. The van der Waals surface area contributed by atoms with Crippen molar-refractivity contribution in [1.82, 2.24) is 0 Å². The lowest BCUT2D eigenvalue weighted by atomic mass is 9.95. The Labute approximate surface area is 291 Å². The van der Waals surface area contributed by atoms with E-state index in [0.29, 0.717) is 0 Å². The number of hydrogen-bond donors (Lipinski definition) is 0. The van der Waals surface area contributed by atoms with Crippen LogP contribution in [-0.2, 0) is 0 Å². The van der Waals surface area contributed by atoms with E-state index in [1.807, 2.05) is 18.2 Å². The number of nitrogens with zero attached hydrogens (tertiary/aromatic N) is 1. The van der Waals surface area contributed by atoms with Crippen molar-refractivity contribution in [2.24, 2.45) is 0 Å². The quantitative estimate of drug-likeness (QED) is 0.127. The van der Waals surface area contributed by atoms with Crippen LogP contribution in [-0.4, -0.2) is 0 Å². The van der Waals surface area contributed by atoms with Crippen LogP contribution in [0.5, 0.6) is 0 Å². The SMILES string of the molecule is C=C/C=C(\C=C)c1cc2c3cc(N(c4ccccc4)c4ccc(-c5ccc6c(ccc7ccccc76)c5)cc4)ccc3oc2c2ccccc12. The van der Waals surface area contributed by atoms with Crippen molar-refractivity contribution in [3.8, 4) is 11.1 Å². The third kappa shape index (κ3) is 4.89. The third-order valence-corrected chi connectivity index (χ3v) is 9.77. The molecular formula is C48H33NO. The van der Waals surface area contributed by atoms with Crippen LogP contribution < -0.4 is 4.90 Å². The number of anilines is 3. The molecule has 1 heterocycles. The fraction of sp³-hybridized carbons (Fsp3) is 0. The summed E-state index contributed by atoms with van der Waals surface area (Å²) in [4.78, 5) is 2.31. The van der Waals surface area contributed by atoms with Crippen molar-refractivity contribution in [1.29, 1.82) is 0 Å². The Morgan fingerprint density at radius 1 is 0.480 bits per heavy atom. The van der Waals surface area contributed by atoms with Gasteiger partial charge in [-0.3, -0.25) is 0 Å². The second-order valence-corrected chi connectivity index (χ2v) is 12.6. The van der Waals surface area contributed by atoms with Gasteiger partial charge >= 0.3 is 0 Å². The highest BCUT2D eigenvalue weighted by Crippen LogP contribution is 2.42. The van der Waals surface area contributed by atoms with Crippen LogP contribution in [0.15, 0.2) is 194 Å². The Morgan fingerprint density at radius 3 is 1.94 bits per heavy atom. The van der Waals surface area contributed by atoms with E-state index in [1.165, 1.54) is 32.7 Å². The van der Waals surface area contributed by atoms with Gasteiger partial charge in [0.15, 0.2) is 0 Å². The van der Waals surface area contributed by atoms with Crippen LogP contribution in [0, 0.1) is 0 Å². The summed E-state index contributed by atoms with van der Waals surface area (Å²) >= 11 is 0. The smallest absolute Gasteiger partial charge is 0.143 e. The van der Waals surface area contributed by atoms with Gasteiger partial charge in [0, 0.05) is 33.2 Å². The van der Waals surface area contributed by atoms with Crippen LogP contribution in [0.25, 0.3) is 71.0 Å². The lowest BCUT2D eigenvalue weighted by Gasteiger charge is -2.25. The zero-order valence-electron chi connectivity index (χ0n) is 27.5. The Bertz CT molecular complexity index is 2780. The fourth-order valence-electron chi connectivity index (χ4n) is 7.38. The minimum absolute atomic E-state index is 0.853. The molecule has 0 radical (unpaired) electrons. The molecule has 9 rings (SSSR count). The van der Waals surface area contributed by atoms with Crippen LogP contribution in [0.2, 0.25) is 0 Å². The van der Waals surface area contributed by atoms with E-state index in [-0.39, 0.29) is 0 Å². The number of fused-ring (bicyclic) bond motifs is 8. The molecule has 8 aromatic carbocycles. The molecule has 0 aliphatic heterocycles. The first-order valence-corrected chi connectivity index (χ1v) is 16.9. The Morgan fingerprint density at radius 2 is 1.14 bits per heavy atom. The zero-order chi connectivity index (χ0) is 33.6. The van der Waals surface area contributed by atoms with E-state index in [0.717, 1.165) is 60.9 Å². The van der Waals surface area contributed by atoms with Gasteiger partial charge in [0.2, 0.25) is 0 Å². The molecule has 50 heavy (non-hydrogen) atoms. The number of rotatable bonds is 7. The normalized spacial score (nSPS) is 11.9. The first-order chi connectivity index (χ1) is 24.7. The first-order valence-electron chi connectivity index (χ1n) is 16.9. The van der Waals surface area contributed by atoms with Crippen LogP contribution in [0.1, 0.15) is 5.56 Å². The van der Waals surface area contributed by atoms with Crippen LogP contribution in [0.4, 0.5) is 17.1 Å². The van der Waals surface area contributed by atoms with Gasteiger partial charge in [0.1, 0.15) is 11.2 Å².